The number of benzene rings is 3. The van der Waals surface area contributed by atoms with Gasteiger partial charge in [0.25, 0.3) is 5.91 Å². The maximum Gasteiger partial charge on any atom is 0.255 e. The van der Waals surface area contributed by atoms with E-state index in [1.54, 1.807) is 30.3 Å². The van der Waals surface area contributed by atoms with Crippen molar-refractivity contribution in [2.75, 3.05) is 26.3 Å². The van der Waals surface area contributed by atoms with Crippen molar-refractivity contribution in [1.82, 2.24) is 16.0 Å². The number of ketones is 1. The van der Waals surface area contributed by atoms with Crippen molar-refractivity contribution >= 4 is 52.4 Å². The smallest absolute Gasteiger partial charge is 0.255 e. The minimum absolute atomic E-state index is 0.00921. The fraction of sp³-hybridized carbons (Fsp3) is 0.267. The third-order valence-corrected chi connectivity index (χ3v) is 8.12. The molecule has 0 spiro atoms. The van der Waals surface area contributed by atoms with Gasteiger partial charge in [0.2, 0.25) is 5.91 Å². The maximum atomic E-state index is 13.3. The third-order valence-electron chi connectivity index (χ3n) is 7.53. The van der Waals surface area contributed by atoms with Crippen molar-refractivity contribution in [3.05, 3.63) is 81.8 Å². The molecule has 8 N–H and O–H groups in total. The lowest BCUT2D eigenvalue weighted by atomic mass is 10.00. The molecule has 13 heteroatoms. The molecule has 0 unspecified atom stereocenters. The molecule has 0 radical (unpaired) electrons. The van der Waals surface area contributed by atoms with E-state index in [4.69, 9.17) is 39.4 Å². The Balaban J connectivity index is 1.24. The molecule has 0 aromatic heterocycles. The number of rotatable bonds is 10. The number of aliphatic imine (C=N–C) groups is 1. The SMILES string of the molecule is NC(N)=Nc1ccc2c(c1)[C@@H](NCC(=O)NC[C@]1(NC(=O)c3c(Cl)cc(-c4ccccc4)cc3Cl)C(=O)[C@@H]1CO)CCO2. The van der Waals surface area contributed by atoms with Crippen molar-refractivity contribution in [2.45, 2.75) is 18.0 Å². The Hall–Kier alpha value is -4.16. The van der Waals surface area contributed by atoms with Crippen LogP contribution >= 0.6 is 23.2 Å². The Kier molecular flexibility index (Phi) is 8.88. The quantitative estimate of drug-likeness (QED) is 0.147. The minimum atomic E-state index is -1.49. The van der Waals surface area contributed by atoms with Crippen LogP contribution in [0.2, 0.25) is 10.0 Å². The number of ether oxygens (including phenoxy) is 1. The monoisotopic (exact) mass is 624 g/mol. The van der Waals surface area contributed by atoms with E-state index in [1.807, 2.05) is 30.3 Å². The second-order valence-electron chi connectivity index (χ2n) is 10.3. The number of fused-ring (bicyclic) bond motifs is 1. The van der Waals surface area contributed by atoms with Crippen molar-refractivity contribution in [1.29, 1.82) is 0 Å². The summed E-state index contributed by atoms with van der Waals surface area (Å²) in [5.74, 6) is -1.82. The molecule has 1 saturated carbocycles. The summed E-state index contributed by atoms with van der Waals surface area (Å²) in [6.07, 6.45) is 0.598. The highest BCUT2D eigenvalue weighted by molar-refractivity contribution is 6.40. The number of amides is 2. The molecule has 1 aliphatic carbocycles. The molecule has 3 atom stereocenters. The summed E-state index contributed by atoms with van der Waals surface area (Å²) < 4.78 is 5.70. The number of halogens is 2. The van der Waals surface area contributed by atoms with Gasteiger partial charge in [-0.3, -0.25) is 14.4 Å². The summed E-state index contributed by atoms with van der Waals surface area (Å²) in [5, 5.41) is 18.5. The number of nitrogens with two attached hydrogens (primary N) is 2. The van der Waals surface area contributed by atoms with E-state index in [1.165, 1.54) is 0 Å². The second-order valence-corrected chi connectivity index (χ2v) is 11.1. The first-order chi connectivity index (χ1) is 20.6. The van der Waals surface area contributed by atoms with Crippen LogP contribution in [0.3, 0.4) is 0 Å². The molecule has 2 amide bonds. The van der Waals surface area contributed by atoms with Gasteiger partial charge in [0.15, 0.2) is 11.7 Å². The summed E-state index contributed by atoms with van der Waals surface area (Å²) in [5.41, 5.74) is 12.4. The molecule has 11 nitrogen and oxygen atoms in total. The Labute approximate surface area is 257 Å². The van der Waals surface area contributed by atoms with Gasteiger partial charge in [0.1, 0.15) is 11.3 Å². The lowest BCUT2D eigenvalue weighted by molar-refractivity contribution is -0.120. The molecule has 3 aromatic rings. The lowest BCUT2D eigenvalue weighted by Crippen LogP contribution is -2.50. The highest BCUT2D eigenvalue weighted by atomic mass is 35.5. The average molecular weight is 626 g/mol. The van der Waals surface area contributed by atoms with Gasteiger partial charge in [0, 0.05) is 24.6 Å². The fourth-order valence-corrected chi connectivity index (χ4v) is 5.89. The van der Waals surface area contributed by atoms with E-state index < -0.39 is 35.7 Å². The largest absolute Gasteiger partial charge is 0.493 e. The Morgan fingerprint density at radius 1 is 1.05 bits per heavy atom. The van der Waals surface area contributed by atoms with Gasteiger partial charge >= 0.3 is 0 Å². The topological polar surface area (TPSA) is 181 Å². The summed E-state index contributed by atoms with van der Waals surface area (Å²) in [4.78, 5) is 43.0. The van der Waals surface area contributed by atoms with Crippen LogP contribution in [0.1, 0.15) is 28.4 Å². The summed E-state index contributed by atoms with van der Waals surface area (Å²) in [7, 11) is 0. The minimum Gasteiger partial charge on any atom is -0.493 e. The predicted octanol–water partition coefficient (Wildman–Crippen LogP) is 2.45. The number of nitrogens with one attached hydrogen (secondary N) is 3. The highest BCUT2D eigenvalue weighted by Crippen LogP contribution is 2.40. The number of guanidine groups is 1. The molecule has 0 bridgehead atoms. The summed E-state index contributed by atoms with van der Waals surface area (Å²) >= 11 is 12.9. The average Bonchev–Trinajstić information content (AvgIpc) is 3.55. The van der Waals surface area contributed by atoms with Crippen molar-refractivity contribution in [3.8, 4) is 16.9 Å². The number of hydrogen-bond donors (Lipinski definition) is 6. The van der Waals surface area contributed by atoms with Crippen LogP contribution < -0.4 is 32.2 Å². The first-order valence-electron chi connectivity index (χ1n) is 13.5. The van der Waals surface area contributed by atoms with Crippen LogP contribution in [0, 0.1) is 5.92 Å². The lowest BCUT2D eigenvalue weighted by Gasteiger charge is -2.27. The number of hydrogen-bond acceptors (Lipinski definition) is 7. The molecule has 2 aliphatic rings. The first kappa shape index (κ1) is 30.3. The van der Waals surface area contributed by atoms with E-state index in [-0.39, 0.29) is 40.7 Å². The molecule has 1 heterocycles. The van der Waals surface area contributed by atoms with Crippen LogP contribution in [0.5, 0.6) is 5.75 Å². The molecular formula is C30H30Cl2N6O5. The highest BCUT2D eigenvalue weighted by Gasteiger charge is 2.65. The van der Waals surface area contributed by atoms with Gasteiger partial charge < -0.3 is 37.3 Å². The normalized spacial score (nSPS) is 20.4. The van der Waals surface area contributed by atoms with Gasteiger partial charge in [-0.05, 0) is 41.5 Å². The number of nitrogens with zero attached hydrogens (tertiary/aromatic N) is 1. The van der Waals surface area contributed by atoms with Crippen LogP contribution in [0.4, 0.5) is 5.69 Å². The van der Waals surface area contributed by atoms with Gasteiger partial charge in [0.05, 0.1) is 47.0 Å². The van der Waals surface area contributed by atoms with Crippen LogP contribution in [-0.2, 0) is 9.59 Å². The van der Waals surface area contributed by atoms with E-state index >= 15 is 0 Å². The third kappa shape index (κ3) is 6.45. The zero-order valence-corrected chi connectivity index (χ0v) is 24.4. The molecular weight excluding hydrogens is 595 g/mol. The summed E-state index contributed by atoms with van der Waals surface area (Å²) in [6.45, 7) is -0.358. The fourth-order valence-electron chi connectivity index (χ4n) is 5.23. The van der Waals surface area contributed by atoms with Crippen molar-refractivity contribution in [3.63, 3.8) is 0 Å². The molecule has 5 rings (SSSR count). The van der Waals surface area contributed by atoms with E-state index in [0.29, 0.717) is 24.5 Å². The van der Waals surface area contributed by atoms with Crippen LogP contribution in [0.15, 0.2) is 65.7 Å². The number of carbonyl (C=O) groups is 3. The molecule has 224 valence electrons. The molecule has 0 saturated heterocycles. The number of aliphatic hydroxyl groups is 1. The number of Topliss-reactive ketones (excluding diaryl/α,β-unsaturated/α-hetero) is 1. The Morgan fingerprint density at radius 3 is 2.42 bits per heavy atom. The van der Waals surface area contributed by atoms with E-state index in [0.717, 1.165) is 16.7 Å². The van der Waals surface area contributed by atoms with Crippen LogP contribution in [0.25, 0.3) is 11.1 Å². The number of aliphatic hydroxyl groups excluding tert-OH is 1. The predicted molar refractivity (Wildman–Crippen MR) is 163 cm³/mol. The zero-order valence-electron chi connectivity index (χ0n) is 22.9. The standard InChI is InChI=1S/C30H30Cl2N6O5/c31-21-10-17(16-4-2-1-3-5-16)11-22(32)26(21)28(42)38-30(20(14-39)27(30)41)15-36-25(40)13-35-23-8-9-43-24-7-6-18(12-19(23)24)37-29(33)34/h1-7,10-12,20,23,35,39H,8-9,13-15H2,(H,36,40)(H,38,42)(H4,33,34,37)/t20-,23-,30+/m0/s1. The Morgan fingerprint density at radius 2 is 1.77 bits per heavy atom. The number of carbonyl (C=O) groups excluding carboxylic acids is 3. The van der Waals surface area contributed by atoms with Crippen molar-refractivity contribution in [2.24, 2.45) is 22.4 Å². The molecule has 43 heavy (non-hydrogen) atoms. The summed E-state index contributed by atoms with van der Waals surface area (Å²) in [6, 6.07) is 17.7. The zero-order chi connectivity index (χ0) is 30.7. The van der Waals surface area contributed by atoms with Gasteiger partial charge in [-0.2, -0.15) is 0 Å². The van der Waals surface area contributed by atoms with Gasteiger partial charge in [-0.25, -0.2) is 4.99 Å². The second kappa shape index (κ2) is 12.6. The molecule has 1 aliphatic heterocycles. The van der Waals surface area contributed by atoms with Gasteiger partial charge in [-0.1, -0.05) is 53.5 Å². The van der Waals surface area contributed by atoms with Crippen molar-refractivity contribution < 1.29 is 24.2 Å². The van der Waals surface area contributed by atoms with Crippen LogP contribution in [-0.4, -0.2) is 60.5 Å². The maximum absolute atomic E-state index is 13.3. The van der Waals surface area contributed by atoms with Gasteiger partial charge in [-0.15, -0.1) is 0 Å². The Bertz CT molecular complexity index is 1570. The van der Waals surface area contributed by atoms with E-state index in [2.05, 4.69) is 20.9 Å². The van der Waals surface area contributed by atoms with E-state index in [9.17, 15) is 19.5 Å². The first-order valence-corrected chi connectivity index (χ1v) is 14.3. The molecule has 1 fully saturated rings. The molecule has 3 aromatic carbocycles.